The smallest absolute Gasteiger partial charge is 0.416 e. The lowest BCUT2D eigenvalue weighted by atomic mass is 9.99. The SMILES string of the molecule is CC(=O)SCC(O)C(O)c1cc(C(=O)O)cc(C(F)(F)F)c1. The Labute approximate surface area is 127 Å². The Morgan fingerprint density at radius 1 is 1.23 bits per heavy atom. The topological polar surface area (TPSA) is 94.8 Å². The van der Waals surface area contributed by atoms with Gasteiger partial charge in [0.2, 0.25) is 0 Å². The van der Waals surface area contributed by atoms with Gasteiger partial charge in [-0.15, -0.1) is 0 Å². The Morgan fingerprint density at radius 2 is 1.82 bits per heavy atom. The van der Waals surface area contributed by atoms with Crippen LogP contribution in [-0.2, 0) is 11.0 Å². The summed E-state index contributed by atoms with van der Waals surface area (Å²) in [5.74, 6) is -1.82. The van der Waals surface area contributed by atoms with Crippen LogP contribution in [0.2, 0.25) is 0 Å². The zero-order chi connectivity index (χ0) is 17.1. The Bertz CT molecular complexity index is 573. The number of aliphatic hydroxyl groups excluding tert-OH is 2. The number of hydrogen-bond donors (Lipinski definition) is 3. The van der Waals surface area contributed by atoms with Crippen molar-refractivity contribution in [1.29, 1.82) is 0 Å². The number of carbonyl (C=O) groups is 2. The molecule has 0 bridgehead atoms. The van der Waals surface area contributed by atoms with Crippen molar-refractivity contribution in [2.45, 2.75) is 25.3 Å². The predicted molar refractivity (Wildman–Crippen MR) is 72.5 cm³/mol. The lowest BCUT2D eigenvalue weighted by Crippen LogP contribution is -2.22. The summed E-state index contributed by atoms with van der Waals surface area (Å²) in [6.45, 7) is 1.23. The van der Waals surface area contributed by atoms with Gasteiger partial charge in [-0.25, -0.2) is 4.79 Å². The standard InChI is InChI=1S/C13H13F3O5S/c1-6(17)22-5-10(18)11(19)7-2-8(12(20)21)4-9(3-7)13(14,15)16/h2-4,10-11,18-19H,5H2,1H3,(H,20,21). The van der Waals surface area contributed by atoms with Crippen LogP contribution in [-0.4, -0.2) is 38.3 Å². The first-order chi connectivity index (χ1) is 10.0. The molecule has 0 aliphatic carbocycles. The maximum atomic E-state index is 12.7. The van der Waals surface area contributed by atoms with E-state index in [1.165, 1.54) is 6.92 Å². The van der Waals surface area contributed by atoms with Crippen LogP contribution in [0.5, 0.6) is 0 Å². The third kappa shape index (κ3) is 5.00. The zero-order valence-corrected chi connectivity index (χ0v) is 12.1. The molecule has 5 nitrogen and oxygen atoms in total. The van der Waals surface area contributed by atoms with Crippen LogP contribution in [0, 0.1) is 0 Å². The quantitative estimate of drug-likeness (QED) is 0.761. The van der Waals surface area contributed by atoms with Crippen LogP contribution in [0.15, 0.2) is 18.2 Å². The molecule has 0 amide bonds. The molecule has 1 aromatic rings. The average Bonchev–Trinajstić information content (AvgIpc) is 2.42. The van der Waals surface area contributed by atoms with Crippen molar-refractivity contribution in [3.63, 3.8) is 0 Å². The number of aromatic carboxylic acids is 1. The molecule has 0 heterocycles. The molecule has 22 heavy (non-hydrogen) atoms. The second-order valence-corrected chi connectivity index (χ2v) is 5.66. The molecule has 0 aromatic heterocycles. The summed E-state index contributed by atoms with van der Waals surface area (Å²) in [5.41, 5.74) is -2.29. The molecular weight excluding hydrogens is 325 g/mol. The summed E-state index contributed by atoms with van der Waals surface area (Å²) in [5, 5.41) is 28.1. The van der Waals surface area contributed by atoms with Gasteiger partial charge >= 0.3 is 12.1 Å². The zero-order valence-electron chi connectivity index (χ0n) is 11.3. The first-order valence-electron chi connectivity index (χ1n) is 5.97. The average molecular weight is 338 g/mol. The second-order valence-electron chi connectivity index (χ2n) is 4.46. The molecule has 9 heteroatoms. The van der Waals surface area contributed by atoms with Gasteiger partial charge < -0.3 is 15.3 Å². The number of thioether (sulfide) groups is 1. The third-order valence-electron chi connectivity index (χ3n) is 2.69. The van der Waals surface area contributed by atoms with Gasteiger partial charge in [-0.1, -0.05) is 11.8 Å². The van der Waals surface area contributed by atoms with E-state index < -0.39 is 35.5 Å². The minimum atomic E-state index is -4.79. The molecular formula is C13H13F3O5S. The maximum absolute atomic E-state index is 12.7. The molecule has 0 spiro atoms. The number of alkyl halides is 3. The van der Waals surface area contributed by atoms with Crippen LogP contribution < -0.4 is 0 Å². The van der Waals surface area contributed by atoms with Crippen molar-refractivity contribution in [3.8, 4) is 0 Å². The Kier molecular flexibility index (Phi) is 5.98. The van der Waals surface area contributed by atoms with Gasteiger partial charge in [0.1, 0.15) is 6.10 Å². The fraction of sp³-hybridized carbons (Fsp3) is 0.385. The minimum Gasteiger partial charge on any atom is -0.478 e. The Morgan fingerprint density at radius 3 is 2.27 bits per heavy atom. The fourth-order valence-electron chi connectivity index (χ4n) is 1.63. The number of halogens is 3. The van der Waals surface area contributed by atoms with E-state index in [1.807, 2.05) is 0 Å². The molecule has 2 atom stereocenters. The van der Waals surface area contributed by atoms with E-state index in [4.69, 9.17) is 5.11 Å². The number of rotatable bonds is 5. The highest BCUT2D eigenvalue weighted by atomic mass is 32.2. The molecule has 0 saturated heterocycles. The lowest BCUT2D eigenvalue weighted by molar-refractivity contribution is -0.137. The molecule has 3 N–H and O–H groups in total. The molecule has 122 valence electrons. The molecule has 0 radical (unpaired) electrons. The van der Waals surface area contributed by atoms with E-state index in [0.717, 1.165) is 6.07 Å². The van der Waals surface area contributed by atoms with Crippen molar-refractivity contribution < 1.29 is 38.1 Å². The van der Waals surface area contributed by atoms with Crippen molar-refractivity contribution in [2.75, 3.05) is 5.75 Å². The summed E-state index contributed by atoms with van der Waals surface area (Å²) < 4.78 is 38.2. The van der Waals surface area contributed by atoms with Crippen LogP contribution in [0.25, 0.3) is 0 Å². The Hall–Kier alpha value is -1.58. The van der Waals surface area contributed by atoms with Gasteiger partial charge in [0.15, 0.2) is 5.12 Å². The van der Waals surface area contributed by atoms with Crippen molar-refractivity contribution in [3.05, 3.63) is 34.9 Å². The molecule has 2 unspecified atom stereocenters. The highest BCUT2D eigenvalue weighted by Gasteiger charge is 2.33. The molecule has 0 aliphatic heterocycles. The van der Waals surface area contributed by atoms with Crippen molar-refractivity contribution in [2.24, 2.45) is 0 Å². The van der Waals surface area contributed by atoms with E-state index >= 15 is 0 Å². The monoisotopic (exact) mass is 338 g/mol. The number of aliphatic hydroxyl groups is 2. The molecule has 1 rings (SSSR count). The van der Waals surface area contributed by atoms with Gasteiger partial charge in [0.05, 0.1) is 17.2 Å². The minimum absolute atomic E-state index is 0.227. The van der Waals surface area contributed by atoms with E-state index in [0.29, 0.717) is 23.9 Å². The molecule has 0 fully saturated rings. The first-order valence-corrected chi connectivity index (χ1v) is 6.96. The van der Waals surface area contributed by atoms with Crippen LogP contribution >= 0.6 is 11.8 Å². The molecule has 0 saturated carbocycles. The van der Waals surface area contributed by atoms with Crippen LogP contribution in [0.3, 0.4) is 0 Å². The molecule has 1 aromatic carbocycles. The van der Waals surface area contributed by atoms with Gasteiger partial charge in [-0.05, 0) is 23.8 Å². The van der Waals surface area contributed by atoms with E-state index in [9.17, 15) is 33.0 Å². The number of hydrogen-bond acceptors (Lipinski definition) is 5. The van der Waals surface area contributed by atoms with Crippen molar-refractivity contribution in [1.82, 2.24) is 0 Å². The molecule has 0 aliphatic rings. The van der Waals surface area contributed by atoms with E-state index in [2.05, 4.69) is 0 Å². The summed E-state index contributed by atoms with van der Waals surface area (Å²) in [6, 6.07) is 1.86. The number of carboxylic acid groups (broad SMARTS) is 1. The van der Waals surface area contributed by atoms with E-state index in [-0.39, 0.29) is 16.4 Å². The van der Waals surface area contributed by atoms with Crippen molar-refractivity contribution >= 4 is 22.8 Å². The van der Waals surface area contributed by atoms with E-state index in [1.54, 1.807) is 0 Å². The predicted octanol–water partition coefficient (Wildman–Crippen LogP) is 2.08. The third-order valence-corrected chi connectivity index (χ3v) is 3.61. The number of benzene rings is 1. The van der Waals surface area contributed by atoms with Gasteiger partial charge in [0.25, 0.3) is 0 Å². The number of carbonyl (C=O) groups excluding carboxylic acids is 1. The maximum Gasteiger partial charge on any atom is 0.416 e. The van der Waals surface area contributed by atoms with Gasteiger partial charge in [-0.2, -0.15) is 13.2 Å². The van der Waals surface area contributed by atoms with Gasteiger partial charge in [-0.3, -0.25) is 4.79 Å². The highest BCUT2D eigenvalue weighted by Crippen LogP contribution is 2.33. The summed E-state index contributed by atoms with van der Waals surface area (Å²) in [6.07, 6.45) is -8.05. The Balaban J connectivity index is 3.14. The largest absolute Gasteiger partial charge is 0.478 e. The summed E-state index contributed by atoms with van der Waals surface area (Å²) >= 11 is 0.695. The van der Waals surface area contributed by atoms with Crippen LogP contribution in [0.1, 0.15) is 34.5 Å². The van der Waals surface area contributed by atoms with Crippen LogP contribution in [0.4, 0.5) is 13.2 Å². The number of carboxylic acids is 1. The summed E-state index contributed by atoms with van der Waals surface area (Å²) in [7, 11) is 0. The fourth-order valence-corrected chi connectivity index (χ4v) is 2.21. The first kappa shape index (κ1) is 18.5. The summed E-state index contributed by atoms with van der Waals surface area (Å²) in [4.78, 5) is 21.7. The van der Waals surface area contributed by atoms with Gasteiger partial charge in [0, 0.05) is 12.7 Å². The second kappa shape index (κ2) is 7.12. The lowest BCUT2D eigenvalue weighted by Gasteiger charge is -2.19. The highest BCUT2D eigenvalue weighted by molar-refractivity contribution is 8.13. The normalized spacial score (nSPS) is 14.5.